The lowest BCUT2D eigenvalue weighted by molar-refractivity contribution is -0.122. The summed E-state index contributed by atoms with van der Waals surface area (Å²) >= 11 is 0. The van der Waals surface area contributed by atoms with Gasteiger partial charge in [0.15, 0.2) is 0 Å². The average Bonchev–Trinajstić information content (AvgIpc) is 3.32. The number of carbonyl (C=O) groups is 1. The van der Waals surface area contributed by atoms with E-state index in [-0.39, 0.29) is 6.47 Å². The molecule has 154 valence electrons. The number of aromatic nitrogens is 5. The van der Waals surface area contributed by atoms with Crippen molar-refractivity contribution in [3.63, 3.8) is 0 Å². The SMILES string of the molecule is CCn1cc(CN2CCc3c(c(COc4cccnc4)nn3C)C2)cn1.O=CO. The molecule has 1 aliphatic rings. The lowest BCUT2D eigenvalue weighted by Gasteiger charge is -2.27. The lowest BCUT2D eigenvalue weighted by Crippen LogP contribution is -2.30. The van der Waals surface area contributed by atoms with E-state index in [1.165, 1.54) is 16.8 Å². The van der Waals surface area contributed by atoms with E-state index in [1.54, 1.807) is 12.4 Å². The quantitative estimate of drug-likeness (QED) is 0.633. The Morgan fingerprint density at radius 1 is 1.34 bits per heavy atom. The highest BCUT2D eigenvalue weighted by Crippen LogP contribution is 2.24. The number of hydrogen-bond acceptors (Lipinski definition) is 6. The number of ether oxygens (including phenoxy) is 1. The summed E-state index contributed by atoms with van der Waals surface area (Å²) in [5.41, 5.74) is 4.88. The second-order valence-corrected chi connectivity index (χ2v) is 6.74. The molecule has 0 bridgehead atoms. The number of rotatable bonds is 6. The van der Waals surface area contributed by atoms with Crippen LogP contribution in [0.4, 0.5) is 0 Å². The van der Waals surface area contributed by atoms with Gasteiger partial charge in [0.2, 0.25) is 0 Å². The summed E-state index contributed by atoms with van der Waals surface area (Å²) < 4.78 is 9.85. The minimum atomic E-state index is -0.250. The van der Waals surface area contributed by atoms with Gasteiger partial charge < -0.3 is 9.84 Å². The fourth-order valence-electron chi connectivity index (χ4n) is 3.48. The Morgan fingerprint density at radius 2 is 2.17 bits per heavy atom. The molecule has 0 fully saturated rings. The Kier molecular flexibility index (Phi) is 6.96. The maximum absolute atomic E-state index is 8.36. The monoisotopic (exact) mass is 398 g/mol. The van der Waals surface area contributed by atoms with Crippen LogP contribution >= 0.6 is 0 Å². The lowest BCUT2D eigenvalue weighted by atomic mass is 10.0. The van der Waals surface area contributed by atoms with Crippen molar-refractivity contribution in [3.8, 4) is 5.75 Å². The van der Waals surface area contributed by atoms with Crippen LogP contribution in [0.5, 0.6) is 5.75 Å². The van der Waals surface area contributed by atoms with E-state index in [0.29, 0.717) is 6.61 Å². The minimum Gasteiger partial charge on any atom is -0.486 e. The van der Waals surface area contributed by atoms with E-state index in [2.05, 4.69) is 28.1 Å². The van der Waals surface area contributed by atoms with Crippen molar-refractivity contribution in [3.05, 3.63) is 59.4 Å². The zero-order valence-electron chi connectivity index (χ0n) is 16.7. The molecule has 1 aliphatic heterocycles. The van der Waals surface area contributed by atoms with Crippen LogP contribution in [0.15, 0.2) is 36.9 Å². The maximum Gasteiger partial charge on any atom is 0.290 e. The fraction of sp³-hybridized carbons (Fsp3) is 0.400. The number of pyridine rings is 1. The average molecular weight is 398 g/mol. The van der Waals surface area contributed by atoms with E-state index in [9.17, 15) is 0 Å². The molecular formula is C20H26N6O3. The second-order valence-electron chi connectivity index (χ2n) is 6.74. The predicted molar refractivity (Wildman–Crippen MR) is 106 cm³/mol. The van der Waals surface area contributed by atoms with E-state index in [0.717, 1.165) is 44.0 Å². The summed E-state index contributed by atoms with van der Waals surface area (Å²) in [6, 6.07) is 3.79. The molecule has 0 spiro atoms. The minimum absolute atomic E-state index is 0.250. The molecule has 0 unspecified atom stereocenters. The third kappa shape index (κ3) is 5.20. The molecular weight excluding hydrogens is 372 g/mol. The molecule has 0 saturated carbocycles. The van der Waals surface area contributed by atoms with Crippen molar-refractivity contribution < 1.29 is 14.6 Å². The van der Waals surface area contributed by atoms with Crippen molar-refractivity contribution in [1.29, 1.82) is 0 Å². The zero-order chi connectivity index (χ0) is 20.6. The third-order valence-electron chi connectivity index (χ3n) is 4.83. The zero-order valence-corrected chi connectivity index (χ0v) is 16.7. The summed E-state index contributed by atoms with van der Waals surface area (Å²) in [4.78, 5) is 14.9. The number of fused-ring (bicyclic) bond motifs is 1. The van der Waals surface area contributed by atoms with E-state index < -0.39 is 0 Å². The summed E-state index contributed by atoms with van der Waals surface area (Å²) in [5.74, 6) is 0.770. The van der Waals surface area contributed by atoms with Gasteiger partial charge >= 0.3 is 0 Å². The van der Waals surface area contributed by atoms with E-state index in [4.69, 9.17) is 19.7 Å². The van der Waals surface area contributed by atoms with Crippen molar-refractivity contribution in [1.82, 2.24) is 29.4 Å². The Hall–Kier alpha value is -3.20. The maximum atomic E-state index is 8.36. The van der Waals surface area contributed by atoms with Gasteiger partial charge in [0.25, 0.3) is 6.47 Å². The fourth-order valence-corrected chi connectivity index (χ4v) is 3.48. The van der Waals surface area contributed by atoms with Crippen LogP contribution < -0.4 is 4.74 Å². The van der Waals surface area contributed by atoms with Gasteiger partial charge in [0.05, 0.1) is 12.4 Å². The molecule has 0 amide bonds. The largest absolute Gasteiger partial charge is 0.486 e. The van der Waals surface area contributed by atoms with Gasteiger partial charge in [-0.05, 0) is 19.1 Å². The molecule has 0 atom stereocenters. The van der Waals surface area contributed by atoms with Crippen molar-refractivity contribution >= 4 is 6.47 Å². The highest BCUT2D eigenvalue weighted by atomic mass is 16.5. The van der Waals surface area contributed by atoms with Crippen LogP contribution in [-0.2, 0) is 44.5 Å². The molecule has 4 rings (SSSR count). The highest BCUT2D eigenvalue weighted by Gasteiger charge is 2.24. The van der Waals surface area contributed by atoms with Gasteiger partial charge in [-0.3, -0.25) is 24.0 Å². The van der Waals surface area contributed by atoms with Crippen LogP contribution in [0.1, 0.15) is 29.4 Å². The first kappa shape index (κ1) is 20.5. The summed E-state index contributed by atoms with van der Waals surface area (Å²) in [6.07, 6.45) is 8.58. The first-order chi connectivity index (χ1) is 14.1. The highest BCUT2D eigenvalue weighted by molar-refractivity contribution is 5.32. The standard InChI is InChI=1S/C19H24N6O.CH2O2/c1-3-25-12-15(9-21-25)11-24-8-6-19-17(13-24)18(22-23(19)2)14-26-16-5-4-7-20-10-16;2-1-3/h4-5,7,9-10,12H,3,6,8,11,13-14H2,1-2H3;1H,(H,2,3). The predicted octanol–water partition coefficient (Wildman–Crippen LogP) is 1.87. The smallest absolute Gasteiger partial charge is 0.290 e. The normalized spacial score (nSPS) is 13.3. The van der Waals surface area contributed by atoms with Gasteiger partial charge in [-0.25, -0.2) is 0 Å². The van der Waals surface area contributed by atoms with Crippen LogP contribution in [0.2, 0.25) is 0 Å². The number of carboxylic acid groups (broad SMARTS) is 1. The van der Waals surface area contributed by atoms with Gasteiger partial charge in [0, 0.05) is 68.9 Å². The Bertz CT molecular complexity index is 922. The van der Waals surface area contributed by atoms with Gasteiger partial charge in [-0.2, -0.15) is 10.2 Å². The number of nitrogens with zero attached hydrogens (tertiary/aromatic N) is 6. The Balaban J connectivity index is 0.000000755. The molecule has 0 saturated heterocycles. The summed E-state index contributed by atoms with van der Waals surface area (Å²) in [5, 5.41) is 16.0. The van der Waals surface area contributed by atoms with Gasteiger partial charge in [-0.15, -0.1) is 0 Å². The molecule has 0 aliphatic carbocycles. The van der Waals surface area contributed by atoms with Crippen molar-refractivity contribution in [2.75, 3.05) is 6.54 Å². The van der Waals surface area contributed by atoms with Gasteiger partial charge in [-0.1, -0.05) is 0 Å². The van der Waals surface area contributed by atoms with Crippen LogP contribution in [0, 0.1) is 0 Å². The molecule has 29 heavy (non-hydrogen) atoms. The van der Waals surface area contributed by atoms with Crippen molar-refractivity contribution in [2.45, 2.75) is 39.6 Å². The molecule has 9 nitrogen and oxygen atoms in total. The summed E-state index contributed by atoms with van der Waals surface area (Å²) in [6.45, 7) is 6.07. The molecule has 9 heteroatoms. The van der Waals surface area contributed by atoms with Crippen LogP contribution in [0.25, 0.3) is 0 Å². The van der Waals surface area contributed by atoms with E-state index >= 15 is 0 Å². The second kappa shape index (κ2) is 9.83. The third-order valence-corrected chi connectivity index (χ3v) is 4.83. The molecule has 1 N–H and O–H groups in total. The molecule has 3 aromatic rings. The van der Waals surface area contributed by atoms with E-state index in [1.807, 2.05) is 34.7 Å². The first-order valence-corrected chi connectivity index (χ1v) is 9.52. The number of aryl methyl sites for hydroxylation is 2. The molecule has 3 aromatic heterocycles. The summed E-state index contributed by atoms with van der Waals surface area (Å²) in [7, 11) is 2.02. The molecule has 0 aromatic carbocycles. The van der Waals surface area contributed by atoms with Crippen molar-refractivity contribution in [2.24, 2.45) is 7.05 Å². The van der Waals surface area contributed by atoms with Crippen LogP contribution in [0.3, 0.4) is 0 Å². The van der Waals surface area contributed by atoms with Crippen LogP contribution in [-0.4, -0.2) is 47.6 Å². The number of hydrogen-bond donors (Lipinski definition) is 1. The van der Waals surface area contributed by atoms with Gasteiger partial charge in [0.1, 0.15) is 18.1 Å². The Morgan fingerprint density at radius 3 is 2.86 bits per heavy atom. The Labute approximate surface area is 169 Å². The topological polar surface area (TPSA) is 98.3 Å². The first-order valence-electron chi connectivity index (χ1n) is 9.52. The molecule has 0 radical (unpaired) electrons. The molecule has 4 heterocycles.